The molecule has 0 aliphatic heterocycles. The lowest BCUT2D eigenvalue weighted by Crippen LogP contribution is -2.26. The summed E-state index contributed by atoms with van der Waals surface area (Å²) in [6.45, 7) is 2.13. The number of aliphatic hydroxyl groups is 1. The maximum absolute atomic E-state index is 12.5. The zero-order valence-corrected chi connectivity index (χ0v) is 21.6. The van der Waals surface area contributed by atoms with Crippen LogP contribution in [0.4, 0.5) is 5.82 Å². The highest BCUT2D eigenvalue weighted by Crippen LogP contribution is 2.47. The highest BCUT2D eigenvalue weighted by Gasteiger charge is 2.34. The highest BCUT2D eigenvalue weighted by atomic mass is 16.5. The number of unbranched alkanes of at least 4 members (excludes halogenated alkanes) is 4. The average molecular weight is 497 g/mol. The quantitative estimate of drug-likeness (QED) is 0.251. The van der Waals surface area contributed by atoms with Gasteiger partial charge in [0.25, 0.3) is 0 Å². The second-order valence-electron chi connectivity index (χ2n) is 9.88. The minimum Gasteiger partial charge on any atom is -0.504 e. The number of nitrogen functional groups attached to an aromatic ring is 1. The molecule has 0 saturated carbocycles. The summed E-state index contributed by atoms with van der Waals surface area (Å²) in [6, 6.07) is 5.52. The van der Waals surface area contributed by atoms with E-state index in [4.69, 9.17) is 10.5 Å². The molecule has 1 aliphatic rings. The largest absolute Gasteiger partial charge is 0.504 e. The minimum atomic E-state index is -0.275. The summed E-state index contributed by atoms with van der Waals surface area (Å²) in [5.41, 5.74) is 9.51. The fourth-order valence-electron chi connectivity index (χ4n) is 5.29. The maximum Gasteiger partial charge on any atom is 0.161 e. The van der Waals surface area contributed by atoms with E-state index in [0.29, 0.717) is 30.0 Å². The van der Waals surface area contributed by atoms with Gasteiger partial charge in [-0.15, -0.1) is 0 Å². The second-order valence-corrected chi connectivity index (χ2v) is 9.88. The van der Waals surface area contributed by atoms with Gasteiger partial charge in [-0.25, -0.2) is 4.98 Å². The third kappa shape index (κ3) is 6.84. The van der Waals surface area contributed by atoms with Crippen LogP contribution >= 0.6 is 0 Å². The summed E-state index contributed by atoms with van der Waals surface area (Å²) < 4.78 is 5.45. The summed E-state index contributed by atoms with van der Waals surface area (Å²) in [4.78, 5) is 28.9. The Morgan fingerprint density at radius 3 is 2.58 bits per heavy atom. The number of ketones is 2. The van der Waals surface area contributed by atoms with E-state index in [1.807, 2.05) is 12.1 Å². The normalized spacial score (nSPS) is 17.0. The number of aromatic hydroxyl groups is 1. The number of hydrogen-bond donors (Lipinski definition) is 3. The predicted molar refractivity (Wildman–Crippen MR) is 140 cm³/mol. The topological polar surface area (TPSA) is 123 Å². The number of nitrogens with zero attached hydrogens (tertiary/aromatic N) is 1. The van der Waals surface area contributed by atoms with Gasteiger partial charge in [0, 0.05) is 37.1 Å². The van der Waals surface area contributed by atoms with Crippen LogP contribution in [0.25, 0.3) is 0 Å². The third-order valence-corrected chi connectivity index (χ3v) is 7.30. The lowest BCUT2D eigenvalue weighted by molar-refractivity contribution is -0.127. The molecule has 2 aromatic rings. The van der Waals surface area contributed by atoms with Crippen LogP contribution < -0.4 is 10.5 Å². The first kappa shape index (κ1) is 27.7. The van der Waals surface area contributed by atoms with Gasteiger partial charge in [0.1, 0.15) is 17.4 Å². The summed E-state index contributed by atoms with van der Waals surface area (Å²) in [5.74, 6) is 0.386. The van der Waals surface area contributed by atoms with Crippen molar-refractivity contribution in [2.24, 2.45) is 5.92 Å². The van der Waals surface area contributed by atoms with Gasteiger partial charge < -0.3 is 20.7 Å². The molecule has 1 aliphatic carbocycles. The van der Waals surface area contributed by atoms with E-state index in [2.05, 4.69) is 11.9 Å². The van der Waals surface area contributed by atoms with Gasteiger partial charge in [0.05, 0.1) is 13.5 Å². The Bertz CT molecular complexity index is 1050. The van der Waals surface area contributed by atoms with Gasteiger partial charge in [-0.1, -0.05) is 38.7 Å². The molecule has 0 fully saturated rings. The van der Waals surface area contributed by atoms with Crippen LogP contribution in [0, 0.1) is 5.92 Å². The van der Waals surface area contributed by atoms with Crippen molar-refractivity contribution in [3.05, 3.63) is 46.6 Å². The molecule has 1 heterocycles. The molecule has 3 rings (SSSR count). The number of carbonyl (C=O) groups is 2. The van der Waals surface area contributed by atoms with Crippen molar-refractivity contribution in [2.45, 2.75) is 83.5 Å². The van der Waals surface area contributed by atoms with E-state index in [-0.39, 0.29) is 48.6 Å². The van der Waals surface area contributed by atoms with Crippen LogP contribution in [0.2, 0.25) is 0 Å². The van der Waals surface area contributed by atoms with Crippen molar-refractivity contribution in [1.82, 2.24) is 4.98 Å². The number of nitrogens with two attached hydrogens (primary N) is 1. The Morgan fingerprint density at radius 2 is 1.86 bits per heavy atom. The number of hydrogen-bond acceptors (Lipinski definition) is 7. The van der Waals surface area contributed by atoms with Gasteiger partial charge >= 0.3 is 0 Å². The molecule has 1 aromatic heterocycles. The van der Waals surface area contributed by atoms with Crippen LogP contribution in [0.1, 0.15) is 92.9 Å². The molecule has 7 nitrogen and oxygen atoms in total. The standard InChI is InChI=1S/C29H40N2O5/c1-3-4-5-6-7-8-21(33)17-22(34)11-9-19-15-25(28(35)26(16-19)36-2)27-20(18-32)10-12-24-23(27)13-14-31-29(24)30/h13-16,20,27,32,35H,3-12,17-18H2,1-2H3,(H2,30,31)/t20-,27-/m1/s1. The summed E-state index contributed by atoms with van der Waals surface area (Å²) in [5, 5.41) is 21.2. The van der Waals surface area contributed by atoms with Crippen LogP contribution in [-0.4, -0.2) is 40.5 Å². The fraction of sp³-hybridized carbons (Fsp3) is 0.552. The van der Waals surface area contributed by atoms with Crippen molar-refractivity contribution in [1.29, 1.82) is 0 Å². The summed E-state index contributed by atoms with van der Waals surface area (Å²) >= 11 is 0. The van der Waals surface area contributed by atoms with E-state index >= 15 is 0 Å². The SMILES string of the molecule is CCCCCCCC(=O)CC(=O)CCc1cc(OC)c(O)c([C@H]2c3ccnc(N)c3CC[C@@H]2CO)c1. The Hall–Kier alpha value is -2.93. The Labute approximate surface area is 214 Å². The lowest BCUT2D eigenvalue weighted by atomic mass is 9.71. The maximum atomic E-state index is 12.5. The van der Waals surface area contributed by atoms with Crippen molar-refractivity contribution < 1.29 is 24.5 Å². The number of aryl methyl sites for hydroxylation is 1. The van der Waals surface area contributed by atoms with Gasteiger partial charge in [0.2, 0.25) is 0 Å². The number of rotatable bonds is 14. The Morgan fingerprint density at radius 1 is 1.11 bits per heavy atom. The minimum absolute atomic E-state index is 0.0104. The monoisotopic (exact) mass is 496 g/mol. The van der Waals surface area contributed by atoms with Crippen molar-refractivity contribution in [2.75, 3.05) is 19.5 Å². The number of benzene rings is 1. The number of methoxy groups -OCH3 is 1. The number of phenols is 1. The Balaban J connectivity index is 1.74. The van der Waals surface area contributed by atoms with Gasteiger partial charge in [-0.05, 0) is 60.4 Å². The number of pyridine rings is 1. The molecule has 7 heteroatoms. The number of fused-ring (bicyclic) bond motifs is 1. The number of anilines is 1. The van der Waals surface area contributed by atoms with Gasteiger partial charge in [0.15, 0.2) is 11.5 Å². The average Bonchev–Trinajstić information content (AvgIpc) is 2.87. The van der Waals surface area contributed by atoms with Crippen LogP contribution in [0.3, 0.4) is 0 Å². The predicted octanol–water partition coefficient (Wildman–Crippen LogP) is 4.89. The fourth-order valence-corrected chi connectivity index (χ4v) is 5.29. The highest BCUT2D eigenvalue weighted by molar-refractivity contribution is 5.99. The number of aliphatic hydroxyl groups excluding tert-OH is 1. The molecule has 2 atom stereocenters. The summed E-state index contributed by atoms with van der Waals surface area (Å²) in [7, 11) is 1.49. The molecule has 0 bridgehead atoms. The molecule has 0 saturated heterocycles. The zero-order chi connectivity index (χ0) is 26.1. The molecular weight excluding hydrogens is 456 g/mol. The molecule has 0 spiro atoms. The zero-order valence-electron chi connectivity index (χ0n) is 21.6. The molecule has 0 radical (unpaired) electrons. The van der Waals surface area contributed by atoms with Gasteiger partial charge in [-0.3, -0.25) is 9.59 Å². The van der Waals surface area contributed by atoms with E-state index in [9.17, 15) is 19.8 Å². The van der Waals surface area contributed by atoms with E-state index < -0.39 is 0 Å². The number of Topliss-reactive ketones (excluding diaryl/α,β-unsaturated/α-hetero) is 2. The third-order valence-electron chi connectivity index (χ3n) is 7.30. The molecule has 36 heavy (non-hydrogen) atoms. The molecule has 0 unspecified atom stereocenters. The first-order chi connectivity index (χ1) is 17.4. The van der Waals surface area contributed by atoms with Crippen molar-refractivity contribution in [3.63, 3.8) is 0 Å². The van der Waals surface area contributed by atoms with Crippen LogP contribution in [0.5, 0.6) is 11.5 Å². The van der Waals surface area contributed by atoms with Crippen molar-refractivity contribution >= 4 is 17.4 Å². The van der Waals surface area contributed by atoms with Crippen LogP contribution in [0.15, 0.2) is 24.4 Å². The first-order valence-electron chi connectivity index (χ1n) is 13.2. The Kier molecular flexibility index (Phi) is 10.3. The molecule has 196 valence electrons. The molecular formula is C29H40N2O5. The number of carbonyl (C=O) groups excluding carboxylic acids is 2. The van der Waals surface area contributed by atoms with Crippen molar-refractivity contribution in [3.8, 4) is 11.5 Å². The second kappa shape index (κ2) is 13.4. The summed E-state index contributed by atoms with van der Waals surface area (Å²) in [6.07, 6.45) is 9.57. The smallest absolute Gasteiger partial charge is 0.161 e. The first-order valence-corrected chi connectivity index (χ1v) is 13.2. The van der Waals surface area contributed by atoms with E-state index in [1.165, 1.54) is 13.5 Å². The van der Waals surface area contributed by atoms with E-state index in [0.717, 1.165) is 55.2 Å². The van der Waals surface area contributed by atoms with Crippen LogP contribution in [-0.2, 0) is 22.4 Å². The van der Waals surface area contributed by atoms with Gasteiger partial charge in [-0.2, -0.15) is 0 Å². The molecule has 4 N–H and O–H groups in total. The number of ether oxygens (including phenoxy) is 1. The molecule has 0 amide bonds. The van der Waals surface area contributed by atoms with E-state index in [1.54, 1.807) is 12.3 Å². The number of aromatic nitrogens is 1. The number of phenolic OH excluding ortho intramolecular Hbond substituents is 1. The lowest BCUT2D eigenvalue weighted by Gasteiger charge is -2.34. The molecule has 1 aromatic carbocycles.